The zero-order valence-electron chi connectivity index (χ0n) is 21.5. The van der Waals surface area contributed by atoms with E-state index in [2.05, 4.69) is 108 Å². The van der Waals surface area contributed by atoms with Gasteiger partial charge in [0.1, 0.15) is 23.5 Å². The van der Waals surface area contributed by atoms with Crippen LogP contribution in [-0.2, 0) is 5.41 Å². The Morgan fingerprint density at radius 2 is 1.59 bits per heavy atom. The number of hydrogen-bond acceptors (Lipinski definition) is 0. The molecule has 0 fully saturated rings. The molecule has 3 aromatic rings. The Kier molecular flexibility index (Phi) is 5.40. The molecule has 0 radical (unpaired) electrons. The van der Waals surface area contributed by atoms with Crippen LogP contribution in [0.15, 0.2) is 49.1 Å². The monoisotopic (exact) mass is 416 g/mol. The number of benzene rings is 3. The maximum absolute atomic E-state index is 4.82. The minimum Gasteiger partial charge on any atom is -0.0943 e. The van der Waals surface area contributed by atoms with Crippen molar-refractivity contribution in [2.24, 2.45) is 5.41 Å². The Balaban J connectivity index is 2.09. The quantitative estimate of drug-likeness (QED) is 0.577. The molecule has 0 heterocycles. The van der Waals surface area contributed by atoms with Crippen LogP contribution in [0.2, 0.25) is 0 Å². The second-order valence-corrected chi connectivity index (χ2v) is 10.2. The van der Waals surface area contributed by atoms with Crippen molar-refractivity contribution in [3.63, 3.8) is 0 Å². The molecule has 1 unspecified atom stereocenters. The fraction of sp³-hybridized carbons (Fsp3) is 0.310. The van der Waals surface area contributed by atoms with E-state index in [-0.39, 0.29) is 10.8 Å². The van der Waals surface area contributed by atoms with E-state index in [0.717, 1.165) is 6.42 Å². The van der Waals surface area contributed by atoms with E-state index in [1.54, 1.807) is 0 Å². The first-order valence-corrected chi connectivity index (χ1v) is 12.0. The molecular formula is C29H35B3. The van der Waals surface area contributed by atoms with Gasteiger partial charge < -0.3 is 0 Å². The summed E-state index contributed by atoms with van der Waals surface area (Å²) in [6.45, 7) is 18.9. The molecule has 2 atom stereocenters. The van der Waals surface area contributed by atoms with Crippen LogP contribution in [0.25, 0.3) is 21.9 Å². The van der Waals surface area contributed by atoms with Crippen molar-refractivity contribution < 1.29 is 0 Å². The van der Waals surface area contributed by atoms with Gasteiger partial charge in [-0.1, -0.05) is 97.3 Å². The molecule has 0 N–H and O–H groups in total. The van der Waals surface area contributed by atoms with Crippen LogP contribution in [0.3, 0.4) is 0 Å². The van der Waals surface area contributed by atoms with Gasteiger partial charge in [0.2, 0.25) is 0 Å². The SMILES string of the molecule is Bc1c(B)c(/C(=C/C)[C@]2(C)C(=C)c3c(ccc4ccccc34)C2(C)CC)c(C)c(B)c1C. The molecule has 0 spiro atoms. The van der Waals surface area contributed by atoms with Gasteiger partial charge in [-0.2, -0.15) is 0 Å². The minimum absolute atomic E-state index is 0.0309. The van der Waals surface area contributed by atoms with Crippen LogP contribution in [-0.4, -0.2) is 23.5 Å². The number of rotatable bonds is 3. The molecule has 1 aliphatic rings. The molecule has 32 heavy (non-hydrogen) atoms. The molecule has 160 valence electrons. The molecule has 4 rings (SSSR count). The van der Waals surface area contributed by atoms with Crippen molar-refractivity contribution in [3.8, 4) is 0 Å². The van der Waals surface area contributed by atoms with Crippen LogP contribution >= 0.6 is 0 Å². The van der Waals surface area contributed by atoms with Gasteiger partial charge in [-0.05, 0) is 65.8 Å². The first kappa shape index (κ1) is 22.8. The fourth-order valence-electron chi connectivity index (χ4n) is 6.50. The third-order valence-corrected chi connectivity index (χ3v) is 9.34. The van der Waals surface area contributed by atoms with Gasteiger partial charge in [0.05, 0.1) is 0 Å². The highest BCUT2D eigenvalue weighted by molar-refractivity contribution is 6.53. The van der Waals surface area contributed by atoms with Crippen molar-refractivity contribution >= 4 is 61.8 Å². The Bertz CT molecular complexity index is 1280. The average molecular weight is 416 g/mol. The summed E-state index contributed by atoms with van der Waals surface area (Å²) in [7, 11) is 6.86. The normalized spacial score (nSPS) is 23.1. The lowest BCUT2D eigenvalue weighted by atomic mass is 9.56. The predicted molar refractivity (Wildman–Crippen MR) is 153 cm³/mol. The molecule has 0 saturated heterocycles. The summed E-state index contributed by atoms with van der Waals surface area (Å²) in [6.07, 6.45) is 3.43. The molecule has 3 aromatic carbocycles. The van der Waals surface area contributed by atoms with E-state index in [1.807, 2.05) is 0 Å². The number of fused-ring (bicyclic) bond motifs is 3. The molecule has 0 aromatic heterocycles. The van der Waals surface area contributed by atoms with E-state index >= 15 is 0 Å². The summed E-state index contributed by atoms with van der Waals surface area (Å²) >= 11 is 0. The highest BCUT2D eigenvalue weighted by atomic mass is 14.6. The maximum Gasteiger partial charge on any atom is 0.139 e. The zero-order valence-corrected chi connectivity index (χ0v) is 21.5. The second-order valence-electron chi connectivity index (χ2n) is 10.2. The molecule has 0 saturated carbocycles. The largest absolute Gasteiger partial charge is 0.139 e. The molecule has 0 amide bonds. The summed E-state index contributed by atoms with van der Waals surface area (Å²) in [5.41, 5.74) is 13.8. The number of hydrogen-bond donors (Lipinski definition) is 0. The van der Waals surface area contributed by atoms with Crippen molar-refractivity contribution in [2.75, 3.05) is 0 Å². The van der Waals surface area contributed by atoms with Gasteiger partial charge in [0.15, 0.2) is 0 Å². The van der Waals surface area contributed by atoms with Gasteiger partial charge in [-0.15, -0.1) is 0 Å². The lowest BCUT2D eigenvalue weighted by molar-refractivity contribution is 0.311. The lowest BCUT2D eigenvalue weighted by Gasteiger charge is -2.45. The van der Waals surface area contributed by atoms with Gasteiger partial charge in [0.25, 0.3) is 0 Å². The van der Waals surface area contributed by atoms with Gasteiger partial charge in [-0.25, -0.2) is 0 Å². The minimum atomic E-state index is -0.188. The van der Waals surface area contributed by atoms with Crippen LogP contribution in [0, 0.1) is 19.3 Å². The fourth-order valence-corrected chi connectivity index (χ4v) is 6.50. The van der Waals surface area contributed by atoms with E-state index in [1.165, 1.54) is 66.1 Å². The van der Waals surface area contributed by atoms with Crippen LogP contribution in [0.1, 0.15) is 61.9 Å². The molecule has 0 nitrogen and oxygen atoms in total. The van der Waals surface area contributed by atoms with E-state index < -0.39 is 0 Å². The third kappa shape index (κ3) is 2.66. The van der Waals surface area contributed by atoms with Crippen molar-refractivity contribution in [1.29, 1.82) is 0 Å². The van der Waals surface area contributed by atoms with Crippen molar-refractivity contribution in [3.05, 3.63) is 76.9 Å². The standard InChI is InChI=1S/C29H35B3/c1-8-21(23-16(3)25(30)17(4)26(31)27(23)32)29(7)18(5)24-20-13-11-10-12-19(20)14-15-22(24)28(29,6)9-2/h8,10-15H,5,9,30-32H2,1-4,6-7H3/b21-8-/t28?,29-/m0/s1. The third-order valence-electron chi connectivity index (χ3n) is 9.34. The molecule has 0 aliphatic heterocycles. The van der Waals surface area contributed by atoms with E-state index in [9.17, 15) is 0 Å². The van der Waals surface area contributed by atoms with E-state index in [0.29, 0.717) is 0 Å². The second kappa shape index (κ2) is 7.58. The summed E-state index contributed by atoms with van der Waals surface area (Å²) in [6, 6.07) is 13.5. The lowest BCUT2D eigenvalue weighted by Crippen LogP contribution is -2.43. The summed E-state index contributed by atoms with van der Waals surface area (Å²) in [5, 5.41) is 2.63. The van der Waals surface area contributed by atoms with Crippen molar-refractivity contribution in [1.82, 2.24) is 0 Å². The van der Waals surface area contributed by atoms with Crippen LogP contribution in [0.5, 0.6) is 0 Å². The van der Waals surface area contributed by atoms with E-state index in [4.69, 9.17) is 6.58 Å². The topological polar surface area (TPSA) is 0 Å². The van der Waals surface area contributed by atoms with Gasteiger partial charge in [-0.3, -0.25) is 0 Å². The molecule has 0 bridgehead atoms. The summed E-state index contributed by atoms with van der Waals surface area (Å²) in [4.78, 5) is 0. The maximum atomic E-state index is 4.82. The Hall–Kier alpha value is -2.41. The smallest absolute Gasteiger partial charge is 0.0943 e. The molecule has 3 heteroatoms. The molecule has 1 aliphatic carbocycles. The first-order chi connectivity index (χ1) is 15.1. The van der Waals surface area contributed by atoms with Crippen molar-refractivity contribution in [2.45, 2.75) is 53.4 Å². The summed E-state index contributed by atoms with van der Waals surface area (Å²) < 4.78 is 0. The Morgan fingerprint density at radius 1 is 0.938 bits per heavy atom. The van der Waals surface area contributed by atoms with Crippen LogP contribution in [0.4, 0.5) is 0 Å². The average Bonchev–Trinajstić information content (AvgIpc) is 2.98. The van der Waals surface area contributed by atoms with Gasteiger partial charge >= 0.3 is 0 Å². The van der Waals surface area contributed by atoms with Crippen LogP contribution < -0.4 is 16.4 Å². The Labute approximate surface area is 197 Å². The zero-order chi connectivity index (χ0) is 23.6. The highest BCUT2D eigenvalue weighted by Gasteiger charge is 2.55. The predicted octanol–water partition coefficient (Wildman–Crippen LogP) is 3.04. The number of allylic oxidation sites excluding steroid dienone is 3. The summed E-state index contributed by atoms with van der Waals surface area (Å²) in [5.74, 6) is 0. The highest BCUT2D eigenvalue weighted by Crippen LogP contribution is 2.65. The Morgan fingerprint density at radius 3 is 2.22 bits per heavy atom. The molecular weight excluding hydrogens is 381 g/mol. The first-order valence-electron chi connectivity index (χ1n) is 12.0. The van der Waals surface area contributed by atoms with Gasteiger partial charge in [0, 0.05) is 10.8 Å².